The molecule has 0 bridgehead atoms. The highest BCUT2D eigenvalue weighted by atomic mass is 79.9. The highest BCUT2D eigenvalue weighted by molar-refractivity contribution is 9.10. The molecule has 47 heavy (non-hydrogen) atoms. The summed E-state index contributed by atoms with van der Waals surface area (Å²) in [5.74, 6) is 1.71. The third-order valence-electron chi connectivity index (χ3n) is 9.31. The number of fused-ring (bicyclic) bond motifs is 1. The predicted octanol–water partition coefficient (Wildman–Crippen LogP) is 6.31. The van der Waals surface area contributed by atoms with Crippen molar-refractivity contribution in [1.29, 1.82) is 0 Å². The number of rotatable bonds is 9. The molecule has 3 N–H and O–H groups in total. The van der Waals surface area contributed by atoms with Crippen LogP contribution in [0, 0.1) is 0 Å². The molecule has 0 radical (unpaired) electrons. The zero-order chi connectivity index (χ0) is 33.1. The molecule has 1 atom stereocenters. The Hall–Kier alpha value is -3.08. The van der Waals surface area contributed by atoms with Gasteiger partial charge >= 0.3 is 0 Å². The van der Waals surface area contributed by atoms with Gasteiger partial charge in [-0.05, 0) is 87.7 Å². The van der Waals surface area contributed by atoms with Crippen LogP contribution < -0.4 is 25.6 Å². The van der Waals surface area contributed by atoms with Crippen molar-refractivity contribution in [2.75, 3.05) is 82.3 Å². The number of nitrogens with one attached hydrogen (secondary N) is 2. The molecule has 4 aromatic rings. The minimum atomic E-state index is -0.657. The van der Waals surface area contributed by atoms with Crippen LogP contribution in [0.2, 0.25) is 0 Å². The van der Waals surface area contributed by atoms with Crippen LogP contribution >= 0.6 is 23.9 Å². The summed E-state index contributed by atoms with van der Waals surface area (Å²) in [6.07, 6.45) is 6.41. The number of likely N-dealkylation sites (N-methyl/N-ethyl adjacent to an activating group) is 1. The standard InChI is InChI=1S/C35H46BrN8O2P/c1-23(45)26-19-29(32(46-3)20-31(26)44-15-11-24(12-16-44)43-14-8-13-42(2)17-18-43)40-35-38-21-27(36)34(41-35)39-30-22-37-28-10-7-6-9-25(28)33(30)47(4)5/h6-7,9-10,19-24,45H,8,11-18H2,1-5H3,(H2,38,39,40,41). The van der Waals surface area contributed by atoms with E-state index in [0.29, 0.717) is 29.2 Å². The molecule has 1 unspecified atom stereocenters. The number of para-hydroxylation sites is 1. The fourth-order valence-corrected chi connectivity index (χ4v) is 8.38. The lowest BCUT2D eigenvalue weighted by molar-refractivity contribution is 0.174. The van der Waals surface area contributed by atoms with Crippen LogP contribution in [0.4, 0.5) is 28.8 Å². The van der Waals surface area contributed by atoms with Gasteiger partial charge in [-0.3, -0.25) is 9.88 Å². The molecule has 2 saturated heterocycles. The number of anilines is 5. The maximum Gasteiger partial charge on any atom is 0.229 e. The highest BCUT2D eigenvalue weighted by Crippen LogP contribution is 2.40. The van der Waals surface area contributed by atoms with Crippen molar-refractivity contribution in [3.63, 3.8) is 0 Å². The van der Waals surface area contributed by atoms with Crippen LogP contribution in [0.5, 0.6) is 5.75 Å². The largest absolute Gasteiger partial charge is 0.494 e. The average molecular weight is 722 g/mol. The Morgan fingerprint density at radius 2 is 1.77 bits per heavy atom. The minimum Gasteiger partial charge on any atom is -0.494 e. The van der Waals surface area contributed by atoms with Crippen LogP contribution in [0.15, 0.2) is 53.3 Å². The van der Waals surface area contributed by atoms with Crippen LogP contribution in [-0.2, 0) is 0 Å². The minimum absolute atomic E-state index is 0.410. The van der Waals surface area contributed by atoms with Crippen molar-refractivity contribution < 1.29 is 9.84 Å². The number of pyridine rings is 1. The van der Waals surface area contributed by atoms with Crippen LogP contribution in [0.3, 0.4) is 0 Å². The summed E-state index contributed by atoms with van der Waals surface area (Å²) < 4.78 is 6.62. The summed E-state index contributed by atoms with van der Waals surface area (Å²) in [5.41, 5.74) is 4.47. The van der Waals surface area contributed by atoms with Crippen molar-refractivity contribution in [3.05, 3.63) is 58.8 Å². The third kappa shape index (κ3) is 7.65. The van der Waals surface area contributed by atoms with E-state index in [9.17, 15) is 5.11 Å². The lowest BCUT2D eigenvalue weighted by Crippen LogP contribution is -2.46. The van der Waals surface area contributed by atoms with E-state index in [2.05, 4.69) is 78.8 Å². The van der Waals surface area contributed by atoms with Gasteiger partial charge in [0.15, 0.2) is 0 Å². The third-order valence-corrected chi connectivity index (χ3v) is 11.3. The molecule has 0 saturated carbocycles. The van der Waals surface area contributed by atoms with Crippen molar-refractivity contribution in [2.45, 2.75) is 38.3 Å². The summed E-state index contributed by atoms with van der Waals surface area (Å²) in [6.45, 7) is 12.8. The number of ether oxygens (including phenoxy) is 1. The van der Waals surface area contributed by atoms with E-state index in [-0.39, 0.29) is 0 Å². The molecule has 0 spiro atoms. The van der Waals surface area contributed by atoms with Crippen LogP contribution in [-0.4, -0.2) is 103 Å². The van der Waals surface area contributed by atoms with Crippen molar-refractivity contribution in [1.82, 2.24) is 24.8 Å². The monoisotopic (exact) mass is 720 g/mol. The molecule has 6 rings (SSSR count). The van der Waals surface area contributed by atoms with Crippen molar-refractivity contribution in [3.8, 4) is 5.75 Å². The van der Waals surface area contributed by atoms with E-state index >= 15 is 0 Å². The first-order chi connectivity index (χ1) is 22.7. The first kappa shape index (κ1) is 33.8. The van der Waals surface area contributed by atoms with Crippen molar-refractivity contribution >= 4 is 68.9 Å². The number of hydrogen-bond donors (Lipinski definition) is 3. The first-order valence-electron chi connectivity index (χ1n) is 16.4. The van der Waals surface area contributed by atoms with E-state index in [4.69, 9.17) is 14.7 Å². The first-order valence-corrected chi connectivity index (χ1v) is 19.4. The molecule has 2 aromatic carbocycles. The average Bonchev–Trinajstić information content (AvgIpc) is 3.30. The Kier molecular flexibility index (Phi) is 10.8. The van der Waals surface area contributed by atoms with E-state index in [1.807, 2.05) is 37.4 Å². The van der Waals surface area contributed by atoms with E-state index in [1.165, 1.54) is 24.8 Å². The molecule has 2 aliphatic rings. The van der Waals surface area contributed by atoms with Gasteiger partial charge in [0.05, 0.1) is 40.8 Å². The summed E-state index contributed by atoms with van der Waals surface area (Å²) in [7, 11) is 3.47. The van der Waals surface area contributed by atoms with Gasteiger partial charge in [0.1, 0.15) is 11.6 Å². The number of methoxy groups -OCH3 is 1. The smallest absolute Gasteiger partial charge is 0.229 e. The number of benzene rings is 2. The number of aliphatic hydroxyl groups is 1. The van der Waals surface area contributed by atoms with E-state index in [0.717, 1.165) is 71.3 Å². The number of hydrogen-bond acceptors (Lipinski definition) is 10. The number of aliphatic hydroxyl groups excluding tert-OH is 1. The second kappa shape index (κ2) is 15.0. The Morgan fingerprint density at radius 1 is 0.979 bits per heavy atom. The number of nitrogens with zero attached hydrogens (tertiary/aromatic N) is 6. The molecule has 2 aliphatic heterocycles. The molecule has 2 aromatic heterocycles. The maximum atomic E-state index is 10.9. The molecule has 4 heterocycles. The van der Waals surface area contributed by atoms with Crippen LogP contribution in [0.1, 0.15) is 37.9 Å². The predicted molar refractivity (Wildman–Crippen MR) is 199 cm³/mol. The van der Waals surface area contributed by atoms with Gasteiger partial charge in [0.2, 0.25) is 5.95 Å². The number of halogens is 1. The maximum absolute atomic E-state index is 10.9. The lowest BCUT2D eigenvalue weighted by atomic mass is 9.99. The van der Waals surface area contributed by atoms with E-state index < -0.39 is 14.0 Å². The zero-order valence-corrected chi connectivity index (χ0v) is 30.5. The van der Waals surface area contributed by atoms with Gasteiger partial charge in [-0.25, -0.2) is 4.98 Å². The molecule has 0 aliphatic carbocycles. The topological polar surface area (TPSA) is 102 Å². The molecule has 10 nitrogen and oxygen atoms in total. The Labute approximate surface area is 287 Å². The lowest BCUT2D eigenvalue weighted by Gasteiger charge is -2.40. The second-order valence-electron chi connectivity index (χ2n) is 12.8. The summed E-state index contributed by atoms with van der Waals surface area (Å²) in [5, 5.41) is 20.2. The van der Waals surface area contributed by atoms with Gasteiger partial charge in [-0.1, -0.05) is 26.1 Å². The summed E-state index contributed by atoms with van der Waals surface area (Å²) >= 11 is 3.63. The highest BCUT2D eigenvalue weighted by Gasteiger charge is 2.28. The fourth-order valence-electron chi connectivity index (χ4n) is 6.83. The Balaban J connectivity index is 1.23. The quantitative estimate of drug-likeness (QED) is 0.171. The second-order valence-corrected chi connectivity index (χ2v) is 15.9. The molecule has 250 valence electrons. The molecule has 0 amide bonds. The van der Waals surface area contributed by atoms with Gasteiger partial charge < -0.3 is 30.3 Å². The molecule has 12 heteroatoms. The molecular formula is C35H46BrN8O2P. The summed E-state index contributed by atoms with van der Waals surface area (Å²) in [4.78, 5) is 21.6. The number of aromatic nitrogens is 3. The fraction of sp³-hybridized carbons (Fsp3) is 0.457. The van der Waals surface area contributed by atoms with E-state index in [1.54, 1.807) is 13.3 Å². The van der Waals surface area contributed by atoms with Crippen LogP contribution in [0.25, 0.3) is 10.9 Å². The summed E-state index contributed by atoms with van der Waals surface area (Å²) in [6, 6.07) is 12.9. The molecule has 2 fully saturated rings. The Morgan fingerprint density at radius 3 is 2.51 bits per heavy atom. The van der Waals surface area contributed by atoms with Gasteiger partial charge in [-0.15, -0.1) is 0 Å². The van der Waals surface area contributed by atoms with Gasteiger partial charge in [-0.2, -0.15) is 4.98 Å². The zero-order valence-electron chi connectivity index (χ0n) is 28.0. The normalized spacial score (nSPS) is 17.6. The van der Waals surface area contributed by atoms with Gasteiger partial charge in [0.25, 0.3) is 0 Å². The molecular weight excluding hydrogens is 675 g/mol. The SMILES string of the molecule is COc1cc(N2CCC(N3CCCN(C)CC3)CC2)c(C(C)O)cc1Nc1ncc(Br)c(Nc2cnc3ccccc3c2P(C)C)n1. The number of piperidine rings is 1. The van der Waals surface area contributed by atoms with Gasteiger partial charge in [0, 0.05) is 66.4 Å². The Bertz CT molecular complexity index is 1700. The van der Waals surface area contributed by atoms with Crippen molar-refractivity contribution in [2.24, 2.45) is 0 Å².